The molecule has 2 aliphatic heterocycles. The van der Waals surface area contributed by atoms with E-state index in [1.165, 1.54) is 6.42 Å². The van der Waals surface area contributed by atoms with Gasteiger partial charge in [-0.1, -0.05) is 13.8 Å². The molecule has 0 aromatic rings. The van der Waals surface area contributed by atoms with E-state index < -0.39 is 0 Å². The Balaban J connectivity index is 1.69. The van der Waals surface area contributed by atoms with Crippen molar-refractivity contribution in [2.45, 2.75) is 59.0 Å². The second kappa shape index (κ2) is 9.53. The SMILES string of the molecule is CC(C)C(C)NC(=O)CN1CCN(CC(=O)N2CCCCC2C)CC1. The van der Waals surface area contributed by atoms with Gasteiger partial charge in [-0.25, -0.2) is 0 Å². The van der Waals surface area contributed by atoms with Gasteiger partial charge >= 0.3 is 0 Å². The fraction of sp³-hybridized carbons (Fsp3) is 0.895. The summed E-state index contributed by atoms with van der Waals surface area (Å²) >= 11 is 0. The summed E-state index contributed by atoms with van der Waals surface area (Å²) in [4.78, 5) is 31.1. The minimum atomic E-state index is 0.105. The average molecular weight is 353 g/mol. The molecule has 2 heterocycles. The Morgan fingerprint density at radius 1 is 0.960 bits per heavy atom. The van der Waals surface area contributed by atoms with E-state index >= 15 is 0 Å². The van der Waals surface area contributed by atoms with Crippen LogP contribution >= 0.6 is 0 Å². The van der Waals surface area contributed by atoms with Crippen LogP contribution in [-0.4, -0.2) is 84.4 Å². The monoisotopic (exact) mass is 352 g/mol. The molecule has 2 fully saturated rings. The number of hydrogen-bond donors (Lipinski definition) is 1. The van der Waals surface area contributed by atoms with Crippen LogP contribution in [0.15, 0.2) is 0 Å². The number of carbonyl (C=O) groups is 2. The van der Waals surface area contributed by atoms with E-state index in [4.69, 9.17) is 0 Å². The molecule has 0 bridgehead atoms. The highest BCUT2D eigenvalue weighted by Crippen LogP contribution is 2.17. The smallest absolute Gasteiger partial charge is 0.236 e. The highest BCUT2D eigenvalue weighted by molar-refractivity contribution is 5.79. The highest BCUT2D eigenvalue weighted by atomic mass is 16.2. The molecule has 2 amide bonds. The molecule has 0 saturated carbocycles. The lowest BCUT2D eigenvalue weighted by Crippen LogP contribution is -2.53. The summed E-state index contributed by atoms with van der Waals surface area (Å²) in [5.41, 5.74) is 0. The molecule has 2 saturated heterocycles. The molecule has 0 aliphatic carbocycles. The Bertz CT molecular complexity index is 447. The summed E-state index contributed by atoms with van der Waals surface area (Å²) < 4.78 is 0. The molecular weight excluding hydrogens is 316 g/mol. The standard InChI is InChI=1S/C19H36N4O2/c1-15(2)17(4)20-18(24)13-21-9-11-22(12-10-21)14-19(25)23-8-6-5-7-16(23)3/h15-17H,5-14H2,1-4H3,(H,20,24). The van der Waals surface area contributed by atoms with Crippen molar-refractivity contribution in [3.05, 3.63) is 0 Å². The predicted octanol–water partition coefficient (Wildman–Crippen LogP) is 1.17. The molecule has 2 aliphatic rings. The molecule has 25 heavy (non-hydrogen) atoms. The maximum absolute atomic E-state index is 12.5. The van der Waals surface area contributed by atoms with Gasteiger partial charge in [0.15, 0.2) is 0 Å². The van der Waals surface area contributed by atoms with Gasteiger partial charge in [-0.05, 0) is 39.0 Å². The predicted molar refractivity (Wildman–Crippen MR) is 100 cm³/mol. The molecular formula is C19H36N4O2. The zero-order valence-electron chi connectivity index (χ0n) is 16.5. The zero-order valence-corrected chi connectivity index (χ0v) is 16.5. The van der Waals surface area contributed by atoms with Gasteiger partial charge in [0.2, 0.25) is 11.8 Å². The van der Waals surface area contributed by atoms with E-state index in [1.54, 1.807) is 0 Å². The minimum absolute atomic E-state index is 0.105. The molecule has 2 unspecified atom stereocenters. The van der Waals surface area contributed by atoms with Crippen molar-refractivity contribution in [3.63, 3.8) is 0 Å². The molecule has 6 heteroatoms. The van der Waals surface area contributed by atoms with Crippen LogP contribution in [0.1, 0.15) is 47.0 Å². The molecule has 6 nitrogen and oxygen atoms in total. The molecule has 1 N–H and O–H groups in total. The third-order valence-electron chi connectivity index (χ3n) is 5.70. The summed E-state index contributed by atoms with van der Waals surface area (Å²) in [6.07, 6.45) is 3.50. The van der Waals surface area contributed by atoms with Gasteiger partial charge in [0.25, 0.3) is 0 Å². The van der Waals surface area contributed by atoms with Crippen LogP contribution in [0.4, 0.5) is 0 Å². The molecule has 0 aromatic heterocycles. The molecule has 0 radical (unpaired) electrons. The van der Waals surface area contributed by atoms with E-state index in [0.717, 1.165) is 45.6 Å². The van der Waals surface area contributed by atoms with Crippen LogP contribution in [0.5, 0.6) is 0 Å². The number of likely N-dealkylation sites (tertiary alicyclic amines) is 1. The lowest BCUT2D eigenvalue weighted by atomic mass is 10.0. The van der Waals surface area contributed by atoms with Gasteiger partial charge < -0.3 is 10.2 Å². The lowest BCUT2D eigenvalue weighted by molar-refractivity contribution is -0.136. The topological polar surface area (TPSA) is 55.9 Å². The molecule has 0 spiro atoms. The van der Waals surface area contributed by atoms with Gasteiger partial charge in [-0.15, -0.1) is 0 Å². The second-order valence-corrected chi connectivity index (χ2v) is 8.08. The number of amides is 2. The van der Waals surface area contributed by atoms with Crippen LogP contribution in [0.2, 0.25) is 0 Å². The van der Waals surface area contributed by atoms with E-state index in [1.807, 2.05) is 6.92 Å². The maximum Gasteiger partial charge on any atom is 0.236 e. The largest absolute Gasteiger partial charge is 0.352 e. The first kappa shape index (κ1) is 20.2. The third-order valence-corrected chi connectivity index (χ3v) is 5.70. The zero-order chi connectivity index (χ0) is 18.4. The molecule has 2 atom stereocenters. The number of piperazine rings is 1. The highest BCUT2D eigenvalue weighted by Gasteiger charge is 2.26. The summed E-state index contributed by atoms with van der Waals surface area (Å²) in [5.74, 6) is 0.820. The van der Waals surface area contributed by atoms with Crippen LogP contribution in [-0.2, 0) is 9.59 Å². The van der Waals surface area contributed by atoms with Gasteiger partial charge in [0, 0.05) is 44.8 Å². The summed E-state index contributed by atoms with van der Waals surface area (Å²) in [5, 5.41) is 3.06. The molecule has 144 valence electrons. The Morgan fingerprint density at radius 3 is 2.12 bits per heavy atom. The van der Waals surface area contributed by atoms with Gasteiger partial charge in [-0.2, -0.15) is 0 Å². The Hall–Kier alpha value is -1.14. The fourth-order valence-corrected chi connectivity index (χ4v) is 3.53. The van der Waals surface area contributed by atoms with Crippen molar-refractivity contribution < 1.29 is 9.59 Å². The van der Waals surface area contributed by atoms with Crippen molar-refractivity contribution in [3.8, 4) is 0 Å². The lowest BCUT2D eigenvalue weighted by Gasteiger charge is -2.38. The number of nitrogens with zero attached hydrogens (tertiary/aromatic N) is 3. The minimum Gasteiger partial charge on any atom is -0.352 e. The van der Waals surface area contributed by atoms with E-state index in [9.17, 15) is 9.59 Å². The van der Waals surface area contributed by atoms with Gasteiger partial charge in [0.1, 0.15) is 0 Å². The van der Waals surface area contributed by atoms with Crippen LogP contribution < -0.4 is 5.32 Å². The summed E-state index contributed by atoms with van der Waals surface area (Å²) in [6, 6.07) is 0.590. The maximum atomic E-state index is 12.5. The normalized spacial score (nSPS) is 24.4. The molecule has 2 rings (SSSR count). The van der Waals surface area contributed by atoms with Gasteiger partial charge in [-0.3, -0.25) is 19.4 Å². The Labute approximate surface area is 152 Å². The van der Waals surface area contributed by atoms with Crippen molar-refractivity contribution in [2.75, 3.05) is 45.8 Å². The Morgan fingerprint density at radius 2 is 1.56 bits per heavy atom. The average Bonchev–Trinajstić information content (AvgIpc) is 2.56. The number of hydrogen-bond acceptors (Lipinski definition) is 4. The van der Waals surface area contributed by atoms with Crippen LogP contribution in [0.25, 0.3) is 0 Å². The van der Waals surface area contributed by atoms with E-state index in [-0.39, 0.29) is 17.9 Å². The van der Waals surface area contributed by atoms with Gasteiger partial charge in [0.05, 0.1) is 13.1 Å². The fourth-order valence-electron chi connectivity index (χ4n) is 3.53. The quantitative estimate of drug-likeness (QED) is 0.780. The summed E-state index contributed by atoms with van der Waals surface area (Å²) in [6.45, 7) is 13.8. The first-order valence-corrected chi connectivity index (χ1v) is 9.90. The van der Waals surface area contributed by atoms with Crippen molar-refractivity contribution in [1.29, 1.82) is 0 Å². The molecule has 0 aromatic carbocycles. The summed E-state index contributed by atoms with van der Waals surface area (Å²) in [7, 11) is 0. The first-order chi connectivity index (χ1) is 11.9. The Kier molecular flexibility index (Phi) is 7.69. The van der Waals surface area contributed by atoms with E-state index in [2.05, 4.69) is 40.8 Å². The number of rotatable bonds is 6. The number of carbonyl (C=O) groups excluding carboxylic acids is 2. The van der Waals surface area contributed by atoms with Crippen molar-refractivity contribution >= 4 is 11.8 Å². The number of piperidine rings is 1. The van der Waals surface area contributed by atoms with E-state index in [0.29, 0.717) is 25.0 Å². The van der Waals surface area contributed by atoms with Crippen molar-refractivity contribution in [2.24, 2.45) is 5.92 Å². The third kappa shape index (κ3) is 6.26. The van der Waals surface area contributed by atoms with Crippen LogP contribution in [0.3, 0.4) is 0 Å². The second-order valence-electron chi connectivity index (χ2n) is 8.08. The first-order valence-electron chi connectivity index (χ1n) is 9.90. The van der Waals surface area contributed by atoms with Crippen molar-refractivity contribution in [1.82, 2.24) is 20.0 Å². The van der Waals surface area contributed by atoms with Crippen LogP contribution in [0, 0.1) is 5.92 Å². The number of nitrogens with one attached hydrogen (secondary N) is 1.